The maximum absolute atomic E-state index is 12.5. The van der Waals surface area contributed by atoms with E-state index in [2.05, 4.69) is 25.5 Å². The lowest BCUT2D eigenvalue weighted by Gasteiger charge is -2.34. The largest absolute Gasteiger partial charge is 0.339 e. The van der Waals surface area contributed by atoms with Crippen molar-refractivity contribution in [1.29, 1.82) is 0 Å². The van der Waals surface area contributed by atoms with Crippen molar-refractivity contribution in [2.75, 3.05) is 42.9 Å². The van der Waals surface area contributed by atoms with Crippen LogP contribution in [0.3, 0.4) is 0 Å². The summed E-state index contributed by atoms with van der Waals surface area (Å²) in [5, 5.41) is 5.56. The number of hydrogen-bond acceptors (Lipinski definition) is 5. The van der Waals surface area contributed by atoms with Crippen LogP contribution in [0.25, 0.3) is 11.1 Å². The minimum absolute atomic E-state index is 0.0335. The molecule has 1 saturated heterocycles. The summed E-state index contributed by atoms with van der Waals surface area (Å²) in [5.41, 5.74) is 2.91. The van der Waals surface area contributed by atoms with Crippen molar-refractivity contribution in [3.05, 3.63) is 73.1 Å². The number of carbonyl (C=O) groups is 2. The second-order valence-electron chi connectivity index (χ2n) is 7.49. The zero-order valence-corrected chi connectivity index (χ0v) is 17.8. The van der Waals surface area contributed by atoms with Gasteiger partial charge in [0.2, 0.25) is 11.9 Å². The van der Waals surface area contributed by atoms with Crippen LogP contribution in [-0.4, -0.2) is 59.5 Å². The molecule has 0 bridgehead atoms. The fraction of sp³-hybridized carbons (Fsp3) is 0.250. The van der Waals surface area contributed by atoms with E-state index in [1.54, 1.807) is 18.5 Å². The fourth-order valence-corrected chi connectivity index (χ4v) is 3.60. The van der Waals surface area contributed by atoms with E-state index in [4.69, 9.17) is 0 Å². The monoisotopic (exact) mass is 430 g/mol. The number of nitrogens with one attached hydrogen (secondary N) is 2. The van der Waals surface area contributed by atoms with Crippen LogP contribution in [0.5, 0.6) is 0 Å². The molecule has 164 valence electrons. The molecule has 0 aliphatic carbocycles. The Labute approximate surface area is 187 Å². The number of nitrogens with zero attached hydrogens (tertiary/aromatic N) is 4. The lowest BCUT2D eigenvalue weighted by atomic mass is 10.1. The number of urea groups is 1. The van der Waals surface area contributed by atoms with Crippen LogP contribution in [0.2, 0.25) is 0 Å². The van der Waals surface area contributed by atoms with Crippen LogP contribution >= 0.6 is 0 Å². The Morgan fingerprint density at radius 3 is 2.16 bits per heavy atom. The topological polar surface area (TPSA) is 90.5 Å². The Balaban J connectivity index is 1.17. The molecule has 1 aromatic heterocycles. The van der Waals surface area contributed by atoms with Gasteiger partial charge in [-0.3, -0.25) is 4.79 Å². The third-order valence-corrected chi connectivity index (χ3v) is 5.34. The minimum Gasteiger partial charge on any atom is -0.339 e. The fourth-order valence-electron chi connectivity index (χ4n) is 3.60. The van der Waals surface area contributed by atoms with Gasteiger partial charge in [-0.25, -0.2) is 14.8 Å². The molecule has 2 N–H and O–H groups in total. The van der Waals surface area contributed by atoms with Crippen LogP contribution in [0.1, 0.15) is 6.42 Å². The van der Waals surface area contributed by atoms with Crippen molar-refractivity contribution < 1.29 is 9.59 Å². The number of anilines is 2. The summed E-state index contributed by atoms with van der Waals surface area (Å²) in [7, 11) is 0. The van der Waals surface area contributed by atoms with Crippen molar-refractivity contribution in [3.8, 4) is 11.1 Å². The molecule has 1 fully saturated rings. The SMILES string of the molecule is O=C(NCCC(=O)N1CCN(c2ncccn2)CC1)Nc1ccc(-c2ccccc2)cc1. The maximum atomic E-state index is 12.5. The Hall–Kier alpha value is -3.94. The number of rotatable bonds is 6. The van der Waals surface area contributed by atoms with Crippen LogP contribution < -0.4 is 15.5 Å². The van der Waals surface area contributed by atoms with Gasteiger partial charge in [0.05, 0.1) is 0 Å². The quantitative estimate of drug-likeness (QED) is 0.627. The Bertz CT molecular complexity index is 1020. The van der Waals surface area contributed by atoms with Gasteiger partial charge in [-0.2, -0.15) is 0 Å². The molecule has 1 aliphatic rings. The normalized spacial score (nSPS) is 13.5. The maximum Gasteiger partial charge on any atom is 0.319 e. The zero-order chi connectivity index (χ0) is 22.2. The summed E-state index contributed by atoms with van der Waals surface area (Å²) in [5.74, 6) is 0.723. The van der Waals surface area contributed by atoms with Crippen molar-refractivity contribution in [2.24, 2.45) is 0 Å². The number of hydrogen-bond donors (Lipinski definition) is 2. The van der Waals surface area contributed by atoms with Gasteiger partial charge in [-0.1, -0.05) is 42.5 Å². The highest BCUT2D eigenvalue weighted by atomic mass is 16.2. The average Bonchev–Trinajstić information content (AvgIpc) is 2.85. The number of aromatic nitrogens is 2. The molecule has 1 aliphatic heterocycles. The number of piperazine rings is 1. The van der Waals surface area contributed by atoms with E-state index in [1.807, 2.05) is 59.5 Å². The van der Waals surface area contributed by atoms with E-state index in [-0.39, 0.29) is 24.9 Å². The first kappa shape index (κ1) is 21.3. The molecule has 0 saturated carbocycles. The van der Waals surface area contributed by atoms with Crippen molar-refractivity contribution >= 4 is 23.6 Å². The van der Waals surface area contributed by atoms with Gasteiger partial charge in [-0.15, -0.1) is 0 Å². The van der Waals surface area contributed by atoms with Crippen LogP contribution in [-0.2, 0) is 4.79 Å². The summed E-state index contributed by atoms with van der Waals surface area (Å²) in [6, 6.07) is 19.2. The van der Waals surface area contributed by atoms with Gasteiger partial charge in [0.1, 0.15) is 0 Å². The summed E-state index contributed by atoms with van der Waals surface area (Å²) in [4.78, 5) is 37.0. The van der Waals surface area contributed by atoms with E-state index in [1.165, 1.54) is 0 Å². The van der Waals surface area contributed by atoms with Crippen LogP contribution in [0, 0.1) is 0 Å². The molecule has 8 heteroatoms. The summed E-state index contributed by atoms with van der Waals surface area (Å²) in [6.07, 6.45) is 3.70. The zero-order valence-electron chi connectivity index (χ0n) is 17.8. The van der Waals surface area contributed by atoms with E-state index < -0.39 is 0 Å². The highest BCUT2D eigenvalue weighted by Gasteiger charge is 2.22. The highest BCUT2D eigenvalue weighted by molar-refractivity contribution is 5.90. The van der Waals surface area contributed by atoms with Crippen molar-refractivity contribution in [3.63, 3.8) is 0 Å². The number of carbonyl (C=O) groups excluding carboxylic acids is 2. The lowest BCUT2D eigenvalue weighted by Crippen LogP contribution is -2.49. The number of amides is 3. The summed E-state index contributed by atoms with van der Waals surface area (Å²) >= 11 is 0. The van der Waals surface area contributed by atoms with Gasteiger partial charge in [0, 0.05) is 57.2 Å². The molecule has 32 heavy (non-hydrogen) atoms. The summed E-state index contributed by atoms with van der Waals surface area (Å²) < 4.78 is 0. The van der Waals surface area contributed by atoms with Crippen molar-refractivity contribution in [2.45, 2.75) is 6.42 Å². The third-order valence-electron chi connectivity index (χ3n) is 5.34. The first-order valence-corrected chi connectivity index (χ1v) is 10.7. The Kier molecular flexibility index (Phi) is 6.91. The van der Waals surface area contributed by atoms with E-state index in [0.717, 1.165) is 11.1 Å². The molecule has 0 radical (unpaired) electrons. The molecule has 3 amide bonds. The van der Waals surface area contributed by atoms with Gasteiger partial charge in [0.15, 0.2) is 0 Å². The molecule has 0 atom stereocenters. The van der Waals surface area contributed by atoms with Gasteiger partial charge < -0.3 is 20.4 Å². The molecule has 0 spiro atoms. The Morgan fingerprint density at radius 2 is 1.47 bits per heavy atom. The van der Waals surface area contributed by atoms with E-state index in [0.29, 0.717) is 37.8 Å². The molecule has 2 heterocycles. The second kappa shape index (κ2) is 10.4. The first-order chi connectivity index (χ1) is 15.7. The standard InChI is InChI=1S/C24H26N6O2/c31-22(29-15-17-30(18-16-29)23-25-12-4-13-26-23)11-14-27-24(32)28-21-9-7-20(8-10-21)19-5-2-1-3-6-19/h1-10,12-13H,11,14-18H2,(H2,27,28,32). The highest BCUT2D eigenvalue weighted by Crippen LogP contribution is 2.20. The van der Waals surface area contributed by atoms with Crippen LogP contribution in [0.4, 0.5) is 16.4 Å². The first-order valence-electron chi connectivity index (χ1n) is 10.7. The molecule has 0 unspecified atom stereocenters. The van der Waals surface area contributed by atoms with Gasteiger partial charge in [0.25, 0.3) is 0 Å². The molecule has 3 aromatic rings. The van der Waals surface area contributed by atoms with E-state index in [9.17, 15) is 9.59 Å². The lowest BCUT2D eigenvalue weighted by molar-refractivity contribution is -0.131. The molecular formula is C24H26N6O2. The van der Waals surface area contributed by atoms with Crippen molar-refractivity contribution in [1.82, 2.24) is 20.2 Å². The Morgan fingerprint density at radius 1 is 0.812 bits per heavy atom. The minimum atomic E-state index is -0.323. The predicted molar refractivity (Wildman–Crippen MR) is 124 cm³/mol. The van der Waals surface area contributed by atoms with Crippen LogP contribution in [0.15, 0.2) is 73.1 Å². The predicted octanol–water partition coefficient (Wildman–Crippen LogP) is 3.00. The van der Waals surface area contributed by atoms with Gasteiger partial charge in [-0.05, 0) is 29.3 Å². The average molecular weight is 431 g/mol. The summed E-state index contributed by atoms with van der Waals surface area (Å²) in [6.45, 7) is 2.92. The van der Waals surface area contributed by atoms with E-state index >= 15 is 0 Å². The molecule has 2 aromatic carbocycles. The molecule has 8 nitrogen and oxygen atoms in total. The van der Waals surface area contributed by atoms with Gasteiger partial charge >= 0.3 is 6.03 Å². The third kappa shape index (κ3) is 5.60. The second-order valence-corrected chi connectivity index (χ2v) is 7.49. The molecule has 4 rings (SSSR count). The molecular weight excluding hydrogens is 404 g/mol. The smallest absolute Gasteiger partial charge is 0.319 e. The number of benzene rings is 2.